The lowest BCUT2D eigenvalue weighted by Gasteiger charge is -2.26. The summed E-state index contributed by atoms with van der Waals surface area (Å²) in [7, 11) is 0. The molecule has 1 aromatic heterocycles. The molecular weight excluding hydrogens is 336 g/mol. The molecule has 1 amide bonds. The second kappa shape index (κ2) is 7.39. The average molecular weight is 362 g/mol. The summed E-state index contributed by atoms with van der Waals surface area (Å²) >= 11 is 0. The van der Waals surface area contributed by atoms with Gasteiger partial charge in [-0.05, 0) is 61.0 Å². The van der Waals surface area contributed by atoms with Gasteiger partial charge in [0.15, 0.2) is 0 Å². The summed E-state index contributed by atoms with van der Waals surface area (Å²) in [5.41, 5.74) is 5.30. The first-order chi connectivity index (χ1) is 12.8. The first kappa shape index (κ1) is 18.9. The van der Waals surface area contributed by atoms with Crippen LogP contribution in [0.25, 0.3) is 10.9 Å². The van der Waals surface area contributed by atoms with Crippen molar-refractivity contribution in [1.29, 1.82) is 0 Å². The topological polar surface area (TPSA) is 53.2 Å². The van der Waals surface area contributed by atoms with Gasteiger partial charge >= 0.3 is 0 Å². The fraction of sp³-hybridized carbons (Fsp3) is 0.304. The number of pyridine rings is 1. The zero-order chi connectivity index (χ0) is 19.7. The van der Waals surface area contributed by atoms with E-state index in [9.17, 15) is 9.59 Å². The number of nitrogens with zero attached hydrogens (tertiary/aromatic N) is 1. The molecule has 4 nitrogen and oxygen atoms in total. The van der Waals surface area contributed by atoms with Gasteiger partial charge in [0.1, 0.15) is 0 Å². The van der Waals surface area contributed by atoms with Crippen molar-refractivity contribution in [2.75, 3.05) is 4.90 Å². The summed E-state index contributed by atoms with van der Waals surface area (Å²) in [5, 5.41) is 0.966. The van der Waals surface area contributed by atoms with Gasteiger partial charge in [0.05, 0.1) is 6.54 Å². The van der Waals surface area contributed by atoms with Crippen LogP contribution in [0.15, 0.2) is 47.3 Å². The van der Waals surface area contributed by atoms with E-state index in [2.05, 4.69) is 4.98 Å². The molecule has 0 spiro atoms. The number of fused-ring (bicyclic) bond motifs is 1. The Bertz CT molecular complexity index is 1060. The van der Waals surface area contributed by atoms with Crippen LogP contribution in [0.4, 0.5) is 5.69 Å². The molecule has 0 unspecified atom stereocenters. The van der Waals surface area contributed by atoms with Crippen molar-refractivity contribution in [3.8, 4) is 0 Å². The van der Waals surface area contributed by atoms with Crippen LogP contribution in [0.3, 0.4) is 0 Å². The van der Waals surface area contributed by atoms with Crippen LogP contribution in [0.1, 0.15) is 36.1 Å². The number of benzene rings is 2. The first-order valence-electron chi connectivity index (χ1n) is 9.27. The Labute approximate surface area is 159 Å². The second-order valence-electron chi connectivity index (χ2n) is 7.58. The number of nitrogens with one attached hydrogen (secondary N) is 1. The third-order valence-electron chi connectivity index (χ3n) is 4.82. The SMILES string of the molecule is Cc1ccc(C)c(N(Cc2cc3ccc(C)cc3[nH]c2=O)C(=O)C(C)C)c1. The van der Waals surface area contributed by atoms with Crippen LogP contribution < -0.4 is 10.5 Å². The number of aryl methyl sites for hydroxylation is 3. The fourth-order valence-electron chi connectivity index (χ4n) is 3.25. The van der Waals surface area contributed by atoms with Crippen molar-refractivity contribution in [2.45, 2.75) is 41.2 Å². The highest BCUT2D eigenvalue weighted by atomic mass is 16.2. The van der Waals surface area contributed by atoms with Gasteiger partial charge in [-0.3, -0.25) is 9.59 Å². The Kier molecular flexibility index (Phi) is 5.17. The minimum Gasteiger partial charge on any atom is -0.322 e. The summed E-state index contributed by atoms with van der Waals surface area (Å²) in [6.07, 6.45) is 0. The van der Waals surface area contributed by atoms with E-state index in [1.807, 2.05) is 77.1 Å². The van der Waals surface area contributed by atoms with E-state index in [1.165, 1.54) is 0 Å². The summed E-state index contributed by atoms with van der Waals surface area (Å²) in [4.78, 5) is 30.3. The highest BCUT2D eigenvalue weighted by Crippen LogP contribution is 2.25. The van der Waals surface area contributed by atoms with Gasteiger partial charge in [0, 0.05) is 22.7 Å². The molecule has 0 aliphatic heterocycles. The maximum atomic E-state index is 12.9. The quantitative estimate of drug-likeness (QED) is 0.735. The number of carbonyl (C=O) groups excluding carboxylic acids is 1. The Morgan fingerprint density at radius 2 is 1.67 bits per heavy atom. The Morgan fingerprint density at radius 3 is 2.37 bits per heavy atom. The van der Waals surface area contributed by atoms with Crippen LogP contribution in [0, 0.1) is 26.7 Å². The van der Waals surface area contributed by atoms with Crippen LogP contribution in [0.2, 0.25) is 0 Å². The van der Waals surface area contributed by atoms with Crippen molar-refractivity contribution in [2.24, 2.45) is 5.92 Å². The molecular formula is C23H26N2O2. The number of carbonyl (C=O) groups is 1. The van der Waals surface area contributed by atoms with Gasteiger partial charge in [0.25, 0.3) is 5.56 Å². The lowest BCUT2D eigenvalue weighted by Crippen LogP contribution is -2.36. The van der Waals surface area contributed by atoms with Crippen LogP contribution in [-0.2, 0) is 11.3 Å². The number of amides is 1. The molecule has 0 aliphatic carbocycles. The minimum absolute atomic E-state index is 0.00658. The molecule has 4 heteroatoms. The average Bonchev–Trinajstić information content (AvgIpc) is 2.61. The van der Waals surface area contributed by atoms with Crippen LogP contribution in [0.5, 0.6) is 0 Å². The smallest absolute Gasteiger partial charge is 0.253 e. The minimum atomic E-state index is -0.160. The molecule has 3 rings (SSSR count). The van der Waals surface area contributed by atoms with Gasteiger partial charge in [-0.2, -0.15) is 0 Å². The van der Waals surface area contributed by atoms with E-state index in [0.717, 1.165) is 33.3 Å². The molecule has 0 atom stereocenters. The molecule has 0 saturated heterocycles. The summed E-state index contributed by atoms with van der Waals surface area (Å²) in [6, 6.07) is 13.9. The molecule has 1 heterocycles. The van der Waals surface area contributed by atoms with Crippen molar-refractivity contribution < 1.29 is 4.79 Å². The van der Waals surface area contributed by atoms with Crippen molar-refractivity contribution in [3.05, 3.63) is 75.1 Å². The monoisotopic (exact) mass is 362 g/mol. The van der Waals surface area contributed by atoms with Crippen molar-refractivity contribution in [1.82, 2.24) is 4.98 Å². The van der Waals surface area contributed by atoms with Crippen LogP contribution in [-0.4, -0.2) is 10.9 Å². The number of rotatable bonds is 4. The summed E-state index contributed by atoms with van der Waals surface area (Å²) < 4.78 is 0. The molecule has 1 N–H and O–H groups in total. The van der Waals surface area contributed by atoms with E-state index in [1.54, 1.807) is 4.90 Å². The third kappa shape index (κ3) is 3.95. The predicted octanol–water partition coefficient (Wildman–Crippen LogP) is 4.64. The Balaban J connectivity index is 2.09. The number of aromatic amines is 1. The number of hydrogen-bond acceptors (Lipinski definition) is 2. The lowest BCUT2D eigenvalue weighted by atomic mass is 10.1. The first-order valence-corrected chi connectivity index (χ1v) is 9.27. The van der Waals surface area contributed by atoms with E-state index in [0.29, 0.717) is 5.56 Å². The van der Waals surface area contributed by atoms with E-state index in [-0.39, 0.29) is 23.9 Å². The largest absolute Gasteiger partial charge is 0.322 e. The highest BCUT2D eigenvalue weighted by molar-refractivity contribution is 5.95. The highest BCUT2D eigenvalue weighted by Gasteiger charge is 2.22. The number of aromatic nitrogens is 1. The maximum absolute atomic E-state index is 12.9. The van der Waals surface area contributed by atoms with E-state index in [4.69, 9.17) is 0 Å². The Morgan fingerprint density at radius 1 is 1.00 bits per heavy atom. The second-order valence-corrected chi connectivity index (χ2v) is 7.58. The molecule has 0 aliphatic rings. The normalized spacial score (nSPS) is 11.2. The fourth-order valence-corrected chi connectivity index (χ4v) is 3.25. The number of hydrogen-bond donors (Lipinski definition) is 1. The molecule has 0 radical (unpaired) electrons. The predicted molar refractivity (Wildman–Crippen MR) is 111 cm³/mol. The van der Waals surface area contributed by atoms with Gasteiger partial charge in [-0.1, -0.05) is 38.1 Å². The molecule has 0 fully saturated rings. The molecule has 2 aromatic carbocycles. The van der Waals surface area contributed by atoms with Gasteiger partial charge in [0.2, 0.25) is 5.91 Å². The van der Waals surface area contributed by atoms with Gasteiger partial charge in [-0.25, -0.2) is 0 Å². The van der Waals surface area contributed by atoms with E-state index < -0.39 is 0 Å². The molecule has 0 saturated carbocycles. The molecule has 3 aromatic rings. The number of H-pyrrole nitrogens is 1. The van der Waals surface area contributed by atoms with E-state index >= 15 is 0 Å². The zero-order valence-electron chi connectivity index (χ0n) is 16.6. The van der Waals surface area contributed by atoms with Crippen LogP contribution >= 0.6 is 0 Å². The maximum Gasteiger partial charge on any atom is 0.253 e. The summed E-state index contributed by atoms with van der Waals surface area (Å²) in [6.45, 7) is 10.0. The molecule has 27 heavy (non-hydrogen) atoms. The van der Waals surface area contributed by atoms with Crippen molar-refractivity contribution in [3.63, 3.8) is 0 Å². The molecule has 140 valence electrons. The van der Waals surface area contributed by atoms with Gasteiger partial charge < -0.3 is 9.88 Å². The standard InChI is InChI=1S/C23H26N2O2/c1-14(2)23(27)25(21-11-16(4)6-8-17(21)5)13-19-12-18-9-7-15(3)10-20(18)24-22(19)26/h6-12,14H,13H2,1-5H3,(H,24,26). The van der Waals surface area contributed by atoms with Crippen molar-refractivity contribution >= 4 is 22.5 Å². The number of anilines is 1. The lowest BCUT2D eigenvalue weighted by molar-refractivity contribution is -0.121. The zero-order valence-corrected chi connectivity index (χ0v) is 16.6. The molecule has 0 bridgehead atoms. The summed E-state index contributed by atoms with van der Waals surface area (Å²) in [5.74, 6) is -0.154. The van der Waals surface area contributed by atoms with Gasteiger partial charge in [-0.15, -0.1) is 0 Å². The third-order valence-corrected chi connectivity index (χ3v) is 4.82. The Hall–Kier alpha value is -2.88.